The smallest absolute Gasteiger partial charge is 0.356 e. The molecule has 0 aliphatic rings. The summed E-state index contributed by atoms with van der Waals surface area (Å²) < 4.78 is 5.29. The van der Waals surface area contributed by atoms with E-state index in [4.69, 9.17) is 9.84 Å². The molecule has 0 aliphatic carbocycles. The van der Waals surface area contributed by atoms with Crippen molar-refractivity contribution < 1.29 is 14.6 Å². The first kappa shape index (κ1) is 10.5. The van der Waals surface area contributed by atoms with Crippen molar-refractivity contribution in [1.82, 2.24) is 15.0 Å². The highest BCUT2D eigenvalue weighted by atomic mass is 32.1. The average Bonchev–Trinajstić information content (AvgIpc) is 2.80. The maximum absolute atomic E-state index is 10.5. The Bertz CT molecular complexity index is 469. The molecule has 0 atom stereocenters. The van der Waals surface area contributed by atoms with E-state index >= 15 is 0 Å². The molecule has 82 valence electrons. The van der Waals surface area contributed by atoms with Gasteiger partial charge in [0.1, 0.15) is 6.61 Å². The van der Waals surface area contributed by atoms with Gasteiger partial charge in [-0.1, -0.05) is 0 Å². The van der Waals surface area contributed by atoms with Crippen LogP contribution in [0.2, 0.25) is 0 Å². The predicted molar refractivity (Wildman–Crippen MR) is 55.4 cm³/mol. The number of rotatable bonds is 4. The number of thiazole rings is 1. The van der Waals surface area contributed by atoms with E-state index in [2.05, 4.69) is 15.0 Å². The van der Waals surface area contributed by atoms with Gasteiger partial charge < -0.3 is 9.84 Å². The number of carbonyl (C=O) groups is 1. The summed E-state index contributed by atoms with van der Waals surface area (Å²) in [4.78, 5) is 22.9. The van der Waals surface area contributed by atoms with Crippen LogP contribution in [-0.2, 0) is 6.61 Å². The topological polar surface area (TPSA) is 85.2 Å². The quantitative estimate of drug-likeness (QED) is 0.860. The second-order valence-electron chi connectivity index (χ2n) is 2.80. The van der Waals surface area contributed by atoms with Crippen LogP contribution in [0.3, 0.4) is 0 Å². The molecule has 0 bridgehead atoms. The summed E-state index contributed by atoms with van der Waals surface area (Å²) in [5, 5.41) is 8.61. The van der Waals surface area contributed by atoms with Gasteiger partial charge in [0.2, 0.25) is 5.88 Å². The van der Waals surface area contributed by atoms with E-state index in [1.54, 1.807) is 11.7 Å². The van der Waals surface area contributed by atoms with Gasteiger partial charge in [-0.25, -0.2) is 14.8 Å². The lowest BCUT2D eigenvalue weighted by molar-refractivity contribution is 0.0689. The number of carboxylic acid groups (broad SMARTS) is 1. The Balaban J connectivity index is 1.98. The summed E-state index contributed by atoms with van der Waals surface area (Å²) in [6, 6.07) is 0. The zero-order valence-electron chi connectivity index (χ0n) is 8.03. The largest absolute Gasteiger partial charge is 0.476 e. The number of aromatic carboxylic acids is 1. The van der Waals surface area contributed by atoms with E-state index in [0.717, 1.165) is 11.1 Å². The Labute approximate surface area is 94.6 Å². The molecule has 0 unspecified atom stereocenters. The summed E-state index contributed by atoms with van der Waals surface area (Å²) in [5.74, 6) is -0.820. The van der Waals surface area contributed by atoms with E-state index in [1.807, 2.05) is 0 Å². The minimum Gasteiger partial charge on any atom is -0.476 e. The SMILES string of the molecule is O=C(O)c1cnc(OCc2cncs2)cn1. The lowest BCUT2D eigenvalue weighted by Crippen LogP contribution is -2.02. The van der Waals surface area contributed by atoms with Crippen LogP contribution in [0.15, 0.2) is 24.1 Å². The Morgan fingerprint density at radius 2 is 2.25 bits per heavy atom. The molecule has 16 heavy (non-hydrogen) atoms. The summed E-state index contributed by atoms with van der Waals surface area (Å²) in [6.45, 7) is 0.353. The van der Waals surface area contributed by atoms with Crippen LogP contribution in [0.25, 0.3) is 0 Å². The van der Waals surface area contributed by atoms with Crippen molar-refractivity contribution in [1.29, 1.82) is 0 Å². The van der Waals surface area contributed by atoms with Crippen molar-refractivity contribution in [2.75, 3.05) is 0 Å². The molecule has 0 fully saturated rings. The van der Waals surface area contributed by atoms with Crippen molar-refractivity contribution in [2.24, 2.45) is 0 Å². The maximum atomic E-state index is 10.5. The Hall–Kier alpha value is -2.02. The molecule has 0 amide bonds. The monoisotopic (exact) mass is 237 g/mol. The van der Waals surface area contributed by atoms with Gasteiger partial charge in [0, 0.05) is 6.20 Å². The van der Waals surface area contributed by atoms with E-state index in [-0.39, 0.29) is 5.69 Å². The molecule has 0 spiro atoms. The van der Waals surface area contributed by atoms with Gasteiger partial charge in [0.05, 0.1) is 22.8 Å². The molecule has 7 heteroatoms. The number of carboxylic acids is 1. The highest BCUT2D eigenvalue weighted by molar-refractivity contribution is 7.09. The van der Waals surface area contributed by atoms with Gasteiger partial charge in [-0.15, -0.1) is 11.3 Å². The van der Waals surface area contributed by atoms with Gasteiger partial charge in [0.15, 0.2) is 5.69 Å². The van der Waals surface area contributed by atoms with Crippen LogP contribution in [0, 0.1) is 0 Å². The molecule has 0 aromatic carbocycles. The van der Waals surface area contributed by atoms with Crippen molar-refractivity contribution in [3.05, 3.63) is 34.7 Å². The van der Waals surface area contributed by atoms with E-state index in [9.17, 15) is 4.79 Å². The summed E-state index contributed by atoms with van der Waals surface area (Å²) in [7, 11) is 0. The summed E-state index contributed by atoms with van der Waals surface area (Å²) >= 11 is 1.47. The van der Waals surface area contributed by atoms with Gasteiger partial charge in [-0.3, -0.25) is 4.98 Å². The fraction of sp³-hybridized carbons (Fsp3) is 0.111. The highest BCUT2D eigenvalue weighted by Crippen LogP contribution is 2.10. The van der Waals surface area contributed by atoms with Gasteiger partial charge >= 0.3 is 5.97 Å². The van der Waals surface area contributed by atoms with Gasteiger partial charge in [-0.2, -0.15) is 0 Å². The van der Waals surface area contributed by atoms with E-state index in [1.165, 1.54) is 17.5 Å². The molecule has 0 aliphatic heterocycles. The van der Waals surface area contributed by atoms with Crippen LogP contribution in [0.1, 0.15) is 15.4 Å². The molecule has 0 saturated carbocycles. The summed E-state index contributed by atoms with van der Waals surface area (Å²) in [5.41, 5.74) is 1.60. The number of nitrogens with zero attached hydrogens (tertiary/aromatic N) is 3. The predicted octanol–water partition coefficient (Wildman–Crippen LogP) is 1.21. The van der Waals surface area contributed by atoms with Crippen LogP contribution < -0.4 is 4.74 Å². The molecule has 1 N–H and O–H groups in total. The molecule has 2 aromatic heterocycles. The molecule has 2 rings (SSSR count). The van der Waals surface area contributed by atoms with Crippen molar-refractivity contribution >= 4 is 17.3 Å². The highest BCUT2D eigenvalue weighted by Gasteiger charge is 2.05. The molecule has 0 saturated heterocycles. The van der Waals surface area contributed by atoms with E-state index < -0.39 is 5.97 Å². The van der Waals surface area contributed by atoms with Crippen molar-refractivity contribution in [3.63, 3.8) is 0 Å². The number of aromatic nitrogens is 3. The van der Waals surface area contributed by atoms with E-state index in [0.29, 0.717) is 12.5 Å². The fourth-order valence-corrected chi connectivity index (χ4v) is 1.47. The third kappa shape index (κ3) is 2.51. The second kappa shape index (κ2) is 4.67. The third-order valence-corrected chi connectivity index (χ3v) is 2.45. The molecular formula is C9H7N3O3S. The lowest BCUT2D eigenvalue weighted by Gasteiger charge is -2.02. The number of hydrogen-bond donors (Lipinski definition) is 1. The molecular weight excluding hydrogens is 230 g/mol. The molecule has 2 aromatic rings. The third-order valence-electron chi connectivity index (χ3n) is 1.69. The van der Waals surface area contributed by atoms with Crippen LogP contribution in [0.5, 0.6) is 5.88 Å². The maximum Gasteiger partial charge on any atom is 0.356 e. The Morgan fingerprint density at radius 3 is 2.81 bits per heavy atom. The number of ether oxygens (including phenoxy) is 1. The lowest BCUT2D eigenvalue weighted by atomic mass is 10.5. The Morgan fingerprint density at radius 1 is 1.38 bits per heavy atom. The first-order valence-corrected chi connectivity index (χ1v) is 5.19. The minimum atomic E-state index is -1.11. The second-order valence-corrected chi connectivity index (χ2v) is 3.77. The zero-order valence-corrected chi connectivity index (χ0v) is 8.85. The van der Waals surface area contributed by atoms with Crippen molar-refractivity contribution in [2.45, 2.75) is 6.61 Å². The van der Waals surface area contributed by atoms with Gasteiger partial charge in [-0.05, 0) is 0 Å². The summed E-state index contributed by atoms with van der Waals surface area (Å²) in [6.07, 6.45) is 4.14. The minimum absolute atomic E-state index is 0.106. The average molecular weight is 237 g/mol. The molecule has 6 nitrogen and oxygen atoms in total. The van der Waals surface area contributed by atoms with Crippen LogP contribution in [-0.4, -0.2) is 26.0 Å². The zero-order chi connectivity index (χ0) is 11.4. The van der Waals surface area contributed by atoms with Crippen molar-refractivity contribution in [3.8, 4) is 5.88 Å². The fourth-order valence-electron chi connectivity index (χ4n) is 0.960. The number of hydrogen-bond acceptors (Lipinski definition) is 6. The Kier molecular flexibility index (Phi) is 3.06. The normalized spacial score (nSPS) is 10.0. The molecule has 0 radical (unpaired) electrons. The molecule has 2 heterocycles. The van der Waals surface area contributed by atoms with Crippen LogP contribution >= 0.6 is 11.3 Å². The first-order valence-electron chi connectivity index (χ1n) is 4.31. The first-order chi connectivity index (χ1) is 7.75. The van der Waals surface area contributed by atoms with Crippen LogP contribution in [0.4, 0.5) is 0 Å². The standard InChI is InChI=1S/C9H7N3O3S/c13-9(14)7-2-12-8(3-11-7)15-4-6-1-10-5-16-6/h1-3,5H,4H2,(H,13,14). The van der Waals surface area contributed by atoms with Gasteiger partial charge in [0.25, 0.3) is 0 Å².